The minimum atomic E-state index is 0.309. The molecule has 0 amide bonds. The number of benzene rings is 2. The van der Waals surface area contributed by atoms with Crippen molar-refractivity contribution in [3.8, 4) is 17.2 Å². The summed E-state index contributed by atoms with van der Waals surface area (Å²) in [7, 11) is 4.88. The number of hydrogen-bond acceptors (Lipinski definition) is 6. The quantitative estimate of drug-likeness (QED) is 0.674. The van der Waals surface area contributed by atoms with Crippen LogP contribution in [0.2, 0.25) is 0 Å². The van der Waals surface area contributed by atoms with Gasteiger partial charge in [0.25, 0.3) is 0 Å². The van der Waals surface area contributed by atoms with E-state index >= 15 is 0 Å². The lowest BCUT2D eigenvalue weighted by atomic mass is 9.95. The predicted octanol–water partition coefficient (Wildman–Crippen LogP) is 2.27. The highest BCUT2D eigenvalue weighted by atomic mass is 16.5. The van der Waals surface area contributed by atoms with Crippen LogP contribution in [0.1, 0.15) is 17.2 Å². The number of ether oxygens (including phenoxy) is 3. The van der Waals surface area contributed by atoms with Gasteiger partial charge in [0.15, 0.2) is 11.5 Å². The monoisotopic (exact) mass is 357 g/mol. The standard InChI is InChI=1S/C20H27N3O3/c1-24-17-9-14(10-18(25-2)20(17)26-3)11-21-12-16-13-22-23-19(16)15-7-5-4-6-8-15/h4-10,16,19,21-23H,11-13H2,1-3H3. The Kier molecular flexibility index (Phi) is 6.33. The lowest BCUT2D eigenvalue weighted by Crippen LogP contribution is -2.28. The van der Waals surface area contributed by atoms with Crippen molar-refractivity contribution in [3.05, 3.63) is 53.6 Å². The fraction of sp³-hybridized carbons (Fsp3) is 0.400. The van der Waals surface area contributed by atoms with Gasteiger partial charge in [-0.1, -0.05) is 30.3 Å². The maximum absolute atomic E-state index is 5.42. The van der Waals surface area contributed by atoms with E-state index in [0.717, 1.165) is 25.2 Å². The molecule has 1 aliphatic heterocycles. The molecule has 0 aliphatic carbocycles. The predicted molar refractivity (Wildman–Crippen MR) is 102 cm³/mol. The lowest BCUT2D eigenvalue weighted by Gasteiger charge is -2.20. The fourth-order valence-electron chi connectivity index (χ4n) is 3.38. The first-order valence-corrected chi connectivity index (χ1v) is 8.79. The average molecular weight is 357 g/mol. The Morgan fingerprint density at radius 1 is 1.00 bits per heavy atom. The molecule has 0 saturated carbocycles. The van der Waals surface area contributed by atoms with Crippen LogP contribution in [0.25, 0.3) is 0 Å². The maximum atomic E-state index is 5.42. The van der Waals surface area contributed by atoms with Crippen LogP contribution in [0.5, 0.6) is 17.2 Å². The molecule has 1 aliphatic rings. The van der Waals surface area contributed by atoms with Gasteiger partial charge >= 0.3 is 0 Å². The normalized spacial score (nSPS) is 19.3. The van der Waals surface area contributed by atoms with Gasteiger partial charge in [0.2, 0.25) is 5.75 Å². The molecule has 0 aromatic heterocycles. The molecular formula is C20H27N3O3. The van der Waals surface area contributed by atoms with Crippen LogP contribution < -0.4 is 30.4 Å². The summed E-state index contributed by atoms with van der Waals surface area (Å²) < 4.78 is 16.2. The summed E-state index contributed by atoms with van der Waals surface area (Å²) >= 11 is 0. The lowest BCUT2D eigenvalue weighted by molar-refractivity contribution is 0.323. The second kappa shape index (κ2) is 8.89. The first kappa shape index (κ1) is 18.5. The third kappa shape index (κ3) is 4.09. The Morgan fingerprint density at radius 2 is 1.69 bits per heavy atom. The molecular weight excluding hydrogens is 330 g/mol. The average Bonchev–Trinajstić information content (AvgIpc) is 3.16. The van der Waals surface area contributed by atoms with Gasteiger partial charge in [-0.25, -0.2) is 5.43 Å². The van der Waals surface area contributed by atoms with Crippen LogP contribution in [0.4, 0.5) is 0 Å². The summed E-state index contributed by atoms with van der Waals surface area (Å²) in [6.07, 6.45) is 0. The third-order valence-electron chi connectivity index (χ3n) is 4.71. The number of hydrogen-bond donors (Lipinski definition) is 3. The highest BCUT2D eigenvalue weighted by Crippen LogP contribution is 2.38. The molecule has 1 saturated heterocycles. The van der Waals surface area contributed by atoms with E-state index in [4.69, 9.17) is 14.2 Å². The fourth-order valence-corrected chi connectivity index (χ4v) is 3.38. The molecule has 0 spiro atoms. The Labute approximate surface area is 154 Å². The molecule has 3 N–H and O–H groups in total. The molecule has 0 bridgehead atoms. The van der Waals surface area contributed by atoms with E-state index in [2.05, 4.69) is 40.4 Å². The van der Waals surface area contributed by atoms with E-state index in [1.54, 1.807) is 21.3 Å². The van der Waals surface area contributed by atoms with Crippen molar-refractivity contribution in [3.63, 3.8) is 0 Å². The largest absolute Gasteiger partial charge is 0.493 e. The van der Waals surface area contributed by atoms with Crippen LogP contribution in [0.15, 0.2) is 42.5 Å². The highest BCUT2D eigenvalue weighted by Gasteiger charge is 2.27. The molecule has 2 atom stereocenters. The van der Waals surface area contributed by atoms with Crippen LogP contribution in [0.3, 0.4) is 0 Å². The molecule has 140 valence electrons. The number of rotatable bonds is 8. The first-order chi connectivity index (χ1) is 12.8. The molecule has 1 fully saturated rings. The number of nitrogens with one attached hydrogen (secondary N) is 3. The van der Waals surface area contributed by atoms with Crippen molar-refractivity contribution in [2.45, 2.75) is 12.6 Å². The van der Waals surface area contributed by atoms with Gasteiger partial charge in [-0.3, -0.25) is 5.43 Å². The van der Waals surface area contributed by atoms with Crippen LogP contribution in [0, 0.1) is 5.92 Å². The summed E-state index contributed by atoms with van der Waals surface area (Å²) in [5, 5.41) is 3.55. The van der Waals surface area contributed by atoms with Crippen molar-refractivity contribution in [1.82, 2.24) is 16.2 Å². The summed E-state index contributed by atoms with van der Waals surface area (Å²) in [5.41, 5.74) is 9.05. The number of hydrazine groups is 1. The van der Waals surface area contributed by atoms with Gasteiger partial charge in [0.1, 0.15) is 0 Å². The molecule has 26 heavy (non-hydrogen) atoms. The van der Waals surface area contributed by atoms with E-state index in [1.807, 2.05) is 18.2 Å². The van der Waals surface area contributed by atoms with Gasteiger partial charge in [-0.15, -0.1) is 0 Å². The topological polar surface area (TPSA) is 63.8 Å². The zero-order valence-electron chi connectivity index (χ0n) is 15.5. The summed E-state index contributed by atoms with van der Waals surface area (Å²) in [4.78, 5) is 0. The van der Waals surface area contributed by atoms with Crippen molar-refractivity contribution in [1.29, 1.82) is 0 Å². The van der Waals surface area contributed by atoms with Crippen molar-refractivity contribution >= 4 is 0 Å². The SMILES string of the molecule is COc1cc(CNCC2CNNC2c2ccccc2)cc(OC)c1OC. The van der Waals surface area contributed by atoms with Gasteiger partial charge in [-0.05, 0) is 23.3 Å². The van der Waals surface area contributed by atoms with Crippen LogP contribution in [-0.4, -0.2) is 34.4 Å². The second-order valence-corrected chi connectivity index (χ2v) is 6.34. The molecule has 1 heterocycles. The third-order valence-corrected chi connectivity index (χ3v) is 4.71. The van der Waals surface area contributed by atoms with Gasteiger partial charge < -0.3 is 19.5 Å². The minimum absolute atomic E-state index is 0.309. The molecule has 6 heteroatoms. The molecule has 6 nitrogen and oxygen atoms in total. The summed E-state index contributed by atoms with van der Waals surface area (Å²) in [6.45, 7) is 2.56. The molecule has 2 aromatic rings. The molecule has 0 radical (unpaired) electrons. The Bertz CT molecular complexity index is 684. The maximum Gasteiger partial charge on any atom is 0.203 e. The van der Waals surface area contributed by atoms with E-state index < -0.39 is 0 Å². The van der Waals surface area contributed by atoms with Gasteiger partial charge in [-0.2, -0.15) is 0 Å². The highest BCUT2D eigenvalue weighted by molar-refractivity contribution is 5.53. The van der Waals surface area contributed by atoms with Crippen molar-refractivity contribution in [2.75, 3.05) is 34.4 Å². The van der Waals surface area contributed by atoms with Crippen molar-refractivity contribution < 1.29 is 14.2 Å². The summed E-state index contributed by atoms with van der Waals surface area (Å²) in [6, 6.07) is 14.8. The van der Waals surface area contributed by atoms with Crippen LogP contribution in [-0.2, 0) is 6.54 Å². The minimum Gasteiger partial charge on any atom is -0.493 e. The number of methoxy groups -OCH3 is 3. The zero-order valence-corrected chi connectivity index (χ0v) is 15.5. The van der Waals surface area contributed by atoms with E-state index in [9.17, 15) is 0 Å². The molecule has 2 aromatic carbocycles. The Hall–Kier alpha value is -2.28. The summed E-state index contributed by atoms with van der Waals surface area (Å²) in [5.74, 6) is 2.44. The molecule has 2 unspecified atom stereocenters. The van der Waals surface area contributed by atoms with E-state index in [-0.39, 0.29) is 0 Å². The Morgan fingerprint density at radius 3 is 2.31 bits per heavy atom. The zero-order chi connectivity index (χ0) is 18.4. The van der Waals surface area contributed by atoms with Crippen molar-refractivity contribution in [2.24, 2.45) is 5.92 Å². The van der Waals surface area contributed by atoms with E-state index in [1.165, 1.54) is 5.56 Å². The van der Waals surface area contributed by atoms with Gasteiger partial charge in [0.05, 0.1) is 27.4 Å². The smallest absolute Gasteiger partial charge is 0.203 e. The first-order valence-electron chi connectivity index (χ1n) is 8.79. The van der Waals surface area contributed by atoms with Crippen LogP contribution >= 0.6 is 0 Å². The second-order valence-electron chi connectivity index (χ2n) is 6.34. The van der Waals surface area contributed by atoms with Gasteiger partial charge in [0, 0.05) is 25.6 Å². The Balaban J connectivity index is 1.62. The molecule has 3 rings (SSSR count). The van der Waals surface area contributed by atoms with E-state index in [0.29, 0.717) is 29.2 Å².